The Morgan fingerprint density at radius 3 is 2.40 bits per heavy atom. The highest BCUT2D eigenvalue weighted by atomic mass is 32.2. The van der Waals surface area contributed by atoms with Crippen molar-refractivity contribution in [2.75, 3.05) is 32.6 Å². The van der Waals surface area contributed by atoms with Gasteiger partial charge in [-0.05, 0) is 30.9 Å². The molecule has 0 amide bonds. The number of hydrogen-bond donors (Lipinski definition) is 1. The van der Waals surface area contributed by atoms with Crippen LogP contribution in [0.15, 0.2) is 23.2 Å². The molecule has 0 spiro atoms. The quantitative estimate of drug-likeness (QED) is 0.859. The fourth-order valence-electron chi connectivity index (χ4n) is 2.29. The largest absolute Gasteiger partial charge is 0.393 e. The second-order valence-corrected chi connectivity index (χ2v) is 7.66. The van der Waals surface area contributed by atoms with Crippen LogP contribution in [-0.2, 0) is 10.0 Å². The van der Waals surface area contributed by atoms with Crippen molar-refractivity contribution in [3.05, 3.63) is 18.3 Å². The number of nitrogens with zero attached hydrogens (tertiary/aromatic N) is 3. The van der Waals surface area contributed by atoms with E-state index in [0.29, 0.717) is 5.92 Å². The number of rotatable bonds is 5. The van der Waals surface area contributed by atoms with Gasteiger partial charge in [0.15, 0.2) is 0 Å². The molecule has 1 saturated carbocycles. The standard InChI is InChI=1S/C13H21N3O3S/c1-15(2)20(18,19)12-4-5-13(14-8-12)16(3)9-10-6-11(17)7-10/h4-5,8,10-11,17H,6-7,9H2,1-3H3. The fourth-order valence-corrected chi connectivity index (χ4v) is 3.14. The van der Waals surface area contributed by atoms with Crippen molar-refractivity contribution < 1.29 is 13.5 Å². The molecule has 0 radical (unpaired) electrons. The molecule has 20 heavy (non-hydrogen) atoms. The molecule has 1 aromatic rings. The molecule has 7 heteroatoms. The molecule has 0 unspecified atom stereocenters. The van der Waals surface area contributed by atoms with Gasteiger partial charge in [-0.15, -0.1) is 0 Å². The van der Waals surface area contributed by atoms with Gasteiger partial charge in [0.2, 0.25) is 10.0 Å². The second-order valence-electron chi connectivity index (χ2n) is 5.51. The summed E-state index contributed by atoms with van der Waals surface area (Å²) < 4.78 is 25.0. The highest BCUT2D eigenvalue weighted by molar-refractivity contribution is 7.89. The molecule has 2 rings (SSSR count). The lowest BCUT2D eigenvalue weighted by Gasteiger charge is -2.34. The summed E-state index contributed by atoms with van der Waals surface area (Å²) in [6.07, 6.45) is 2.89. The maximum Gasteiger partial charge on any atom is 0.244 e. The van der Waals surface area contributed by atoms with Gasteiger partial charge in [0, 0.05) is 33.9 Å². The molecule has 6 nitrogen and oxygen atoms in total. The first-order valence-electron chi connectivity index (χ1n) is 6.58. The number of anilines is 1. The maximum atomic E-state index is 11.9. The molecule has 1 heterocycles. The van der Waals surface area contributed by atoms with Crippen LogP contribution in [0.3, 0.4) is 0 Å². The normalized spacial score (nSPS) is 22.6. The van der Waals surface area contributed by atoms with Crippen molar-refractivity contribution in [2.45, 2.75) is 23.8 Å². The summed E-state index contributed by atoms with van der Waals surface area (Å²) in [5.74, 6) is 1.23. The predicted octanol–water partition coefficient (Wildman–Crippen LogP) is 0.539. The first-order chi connectivity index (χ1) is 9.30. The monoisotopic (exact) mass is 299 g/mol. The van der Waals surface area contributed by atoms with Crippen LogP contribution < -0.4 is 4.90 Å². The minimum absolute atomic E-state index is 0.158. The number of hydrogen-bond acceptors (Lipinski definition) is 5. The lowest BCUT2D eigenvalue weighted by molar-refractivity contribution is 0.0464. The third-order valence-electron chi connectivity index (χ3n) is 3.63. The molecule has 0 aliphatic heterocycles. The average Bonchev–Trinajstić information content (AvgIpc) is 2.36. The summed E-state index contributed by atoms with van der Waals surface area (Å²) in [4.78, 5) is 6.40. The maximum absolute atomic E-state index is 11.9. The Morgan fingerprint density at radius 1 is 1.30 bits per heavy atom. The van der Waals surface area contributed by atoms with E-state index in [1.807, 2.05) is 11.9 Å². The topological polar surface area (TPSA) is 73.7 Å². The summed E-state index contributed by atoms with van der Waals surface area (Å²) in [6.45, 7) is 0.823. The zero-order valence-corrected chi connectivity index (χ0v) is 12.8. The van der Waals surface area contributed by atoms with Crippen molar-refractivity contribution in [2.24, 2.45) is 5.92 Å². The van der Waals surface area contributed by atoms with Gasteiger partial charge in [0.1, 0.15) is 10.7 Å². The number of aromatic nitrogens is 1. The molecule has 0 saturated heterocycles. The summed E-state index contributed by atoms with van der Waals surface area (Å²) in [6, 6.07) is 3.29. The summed E-state index contributed by atoms with van der Waals surface area (Å²) in [7, 11) is 1.49. The Kier molecular flexibility index (Phi) is 4.31. The van der Waals surface area contributed by atoms with Crippen molar-refractivity contribution >= 4 is 15.8 Å². The molecule has 0 atom stereocenters. The van der Waals surface area contributed by atoms with Crippen LogP contribution in [0.1, 0.15) is 12.8 Å². The van der Waals surface area contributed by atoms with Crippen molar-refractivity contribution in [1.29, 1.82) is 0 Å². The highest BCUT2D eigenvalue weighted by Crippen LogP contribution is 2.28. The summed E-state index contributed by atoms with van der Waals surface area (Å²) in [5.41, 5.74) is 0. The molecule has 1 aliphatic rings. The van der Waals surface area contributed by atoms with Crippen molar-refractivity contribution in [3.8, 4) is 0 Å². The molecular formula is C13H21N3O3S. The zero-order chi connectivity index (χ0) is 14.9. The molecule has 0 aromatic carbocycles. The van der Waals surface area contributed by atoms with E-state index in [2.05, 4.69) is 4.98 Å². The van der Waals surface area contributed by atoms with E-state index in [0.717, 1.165) is 25.2 Å². The van der Waals surface area contributed by atoms with Gasteiger partial charge < -0.3 is 10.0 Å². The SMILES string of the molecule is CN(CC1CC(O)C1)c1ccc(S(=O)(=O)N(C)C)cn1. The van der Waals surface area contributed by atoms with Gasteiger partial charge in [-0.25, -0.2) is 17.7 Å². The van der Waals surface area contributed by atoms with E-state index >= 15 is 0 Å². The van der Waals surface area contributed by atoms with Gasteiger partial charge >= 0.3 is 0 Å². The third-order valence-corrected chi connectivity index (χ3v) is 5.43. The number of pyridine rings is 1. The summed E-state index contributed by atoms with van der Waals surface area (Å²) >= 11 is 0. The molecular weight excluding hydrogens is 278 g/mol. The van der Waals surface area contributed by atoms with Gasteiger partial charge in [0.25, 0.3) is 0 Å². The average molecular weight is 299 g/mol. The van der Waals surface area contributed by atoms with E-state index in [1.165, 1.54) is 24.6 Å². The van der Waals surface area contributed by atoms with Crippen LogP contribution >= 0.6 is 0 Å². The Balaban J connectivity index is 2.04. The van der Waals surface area contributed by atoms with Crippen molar-refractivity contribution in [3.63, 3.8) is 0 Å². The van der Waals surface area contributed by atoms with Gasteiger partial charge in [-0.2, -0.15) is 0 Å². The Labute approximate surface area is 120 Å². The lowest BCUT2D eigenvalue weighted by Crippen LogP contribution is -2.37. The van der Waals surface area contributed by atoms with E-state index in [-0.39, 0.29) is 11.0 Å². The Bertz CT molecular complexity index is 551. The highest BCUT2D eigenvalue weighted by Gasteiger charge is 2.28. The first kappa shape index (κ1) is 15.2. The van der Waals surface area contributed by atoms with Gasteiger partial charge in [-0.3, -0.25) is 0 Å². The number of sulfonamides is 1. The zero-order valence-electron chi connectivity index (χ0n) is 12.0. The molecule has 112 valence electrons. The molecule has 1 aromatic heterocycles. The van der Waals surface area contributed by atoms with Crippen LogP contribution in [0.5, 0.6) is 0 Å². The molecule has 0 bridgehead atoms. The lowest BCUT2D eigenvalue weighted by atomic mass is 9.82. The number of aliphatic hydroxyl groups excluding tert-OH is 1. The van der Waals surface area contributed by atoms with E-state index in [9.17, 15) is 13.5 Å². The van der Waals surface area contributed by atoms with Crippen LogP contribution in [-0.4, -0.2) is 56.6 Å². The minimum atomic E-state index is -3.42. The van der Waals surface area contributed by atoms with E-state index in [4.69, 9.17) is 0 Å². The third kappa shape index (κ3) is 3.11. The second kappa shape index (κ2) is 5.67. The Morgan fingerprint density at radius 2 is 1.95 bits per heavy atom. The first-order valence-corrected chi connectivity index (χ1v) is 8.02. The van der Waals surface area contributed by atoms with Gasteiger partial charge in [-0.1, -0.05) is 0 Å². The molecule has 1 aliphatic carbocycles. The van der Waals surface area contributed by atoms with E-state index < -0.39 is 10.0 Å². The predicted molar refractivity (Wildman–Crippen MR) is 77.1 cm³/mol. The van der Waals surface area contributed by atoms with Gasteiger partial charge in [0.05, 0.1) is 6.10 Å². The van der Waals surface area contributed by atoms with Crippen LogP contribution in [0.25, 0.3) is 0 Å². The Hall–Kier alpha value is -1.18. The van der Waals surface area contributed by atoms with Crippen LogP contribution in [0, 0.1) is 5.92 Å². The fraction of sp³-hybridized carbons (Fsp3) is 0.615. The van der Waals surface area contributed by atoms with Crippen molar-refractivity contribution in [1.82, 2.24) is 9.29 Å². The molecule has 1 fully saturated rings. The van der Waals surface area contributed by atoms with Crippen LogP contribution in [0.2, 0.25) is 0 Å². The van der Waals surface area contributed by atoms with E-state index in [1.54, 1.807) is 12.1 Å². The van der Waals surface area contributed by atoms with Crippen LogP contribution in [0.4, 0.5) is 5.82 Å². The minimum Gasteiger partial charge on any atom is -0.393 e. The number of aliphatic hydroxyl groups is 1. The smallest absolute Gasteiger partial charge is 0.244 e. The summed E-state index contributed by atoms with van der Waals surface area (Å²) in [5, 5.41) is 9.27. The molecule has 1 N–H and O–H groups in total.